The van der Waals surface area contributed by atoms with Crippen LogP contribution in [0.3, 0.4) is 0 Å². The minimum Gasteiger partial charge on any atom is -0.497 e. The number of nitrogens with one attached hydrogen (secondary N) is 1. The van der Waals surface area contributed by atoms with Crippen LogP contribution in [0.2, 0.25) is 0 Å². The molecule has 126 valence electrons. The van der Waals surface area contributed by atoms with Crippen molar-refractivity contribution in [2.75, 3.05) is 50.6 Å². The average Bonchev–Trinajstić information content (AvgIpc) is 2.67. The molecule has 0 spiro atoms. The van der Waals surface area contributed by atoms with Crippen LogP contribution in [0.5, 0.6) is 5.75 Å². The quantitative estimate of drug-likeness (QED) is 0.939. The van der Waals surface area contributed by atoms with E-state index in [2.05, 4.69) is 22.3 Å². The molecular formula is C19H23N3O2. The highest BCUT2D eigenvalue weighted by Crippen LogP contribution is 2.22. The third kappa shape index (κ3) is 3.30. The standard InChI is InChI=1S/C19H23N3O2/c1-20-18-6-4-3-5-17(18)19(23)22-13-11-21(12-14-22)15-7-9-16(24-2)10-8-15/h3-10,20H,11-14H2,1-2H3. The number of para-hydroxylation sites is 1. The van der Waals surface area contributed by atoms with Crippen molar-refractivity contribution < 1.29 is 9.53 Å². The van der Waals surface area contributed by atoms with Crippen LogP contribution in [-0.4, -0.2) is 51.1 Å². The van der Waals surface area contributed by atoms with Gasteiger partial charge in [-0.1, -0.05) is 12.1 Å². The van der Waals surface area contributed by atoms with E-state index in [9.17, 15) is 4.79 Å². The van der Waals surface area contributed by atoms with E-state index in [-0.39, 0.29) is 5.91 Å². The fourth-order valence-electron chi connectivity index (χ4n) is 3.02. The smallest absolute Gasteiger partial charge is 0.256 e. The molecule has 5 nitrogen and oxygen atoms in total. The zero-order valence-electron chi connectivity index (χ0n) is 14.2. The summed E-state index contributed by atoms with van der Waals surface area (Å²) >= 11 is 0. The number of rotatable bonds is 4. The second-order valence-electron chi connectivity index (χ2n) is 5.77. The summed E-state index contributed by atoms with van der Waals surface area (Å²) < 4.78 is 5.20. The number of methoxy groups -OCH3 is 1. The first-order chi connectivity index (χ1) is 11.7. The molecule has 1 saturated heterocycles. The van der Waals surface area contributed by atoms with Gasteiger partial charge >= 0.3 is 0 Å². The van der Waals surface area contributed by atoms with E-state index in [1.165, 1.54) is 5.69 Å². The van der Waals surface area contributed by atoms with E-state index in [0.717, 1.165) is 43.2 Å². The summed E-state index contributed by atoms with van der Waals surface area (Å²) in [5.74, 6) is 0.950. The number of amides is 1. The Balaban J connectivity index is 1.65. The highest BCUT2D eigenvalue weighted by atomic mass is 16.5. The lowest BCUT2D eigenvalue weighted by Crippen LogP contribution is -2.48. The van der Waals surface area contributed by atoms with Crippen LogP contribution in [0.1, 0.15) is 10.4 Å². The van der Waals surface area contributed by atoms with Crippen molar-refractivity contribution in [3.8, 4) is 5.75 Å². The normalized spacial score (nSPS) is 14.4. The number of nitrogens with zero attached hydrogens (tertiary/aromatic N) is 2. The van der Waals surface area contributed by atoms with Gasteiger partial charge in [0.15, 0.2) is 0 Å². The fourth-order valence-corrected chi connectivity index (χ4v) is 3.02. The molecule has 1 aliphatic rings. The molecule has 0 bridgehead atoms. The van der Waals surface area contributed by atoms with Crippen molar-refractivity contribution in [1.29, 1.82) is 0 Å². The summed E-state index contributed by atoms with van der Waals surface area (Å²) in [5.41, 5.74) is 2.77. The summed E-state index contributed by atoms with van der Waals surface area (Å²) in [6.07, 6.45) is 0. The number of hydrogen-bond donors (Lipinski definition) is 1. The maximum Gasteiger partial charge on any atom is 0.256 e. The van der Waals surface area contributed by atoms with Gasteiger partial charge in [-0.3, -0.25) is 4.79 Å². The van der Waals surface area contributed by atoms with Gasteiger partial charge in [0, 0.05) is 44.6 Å². The third-order valence-electron chi connectivity index (χ3n) is 4.43. The number of carbonyl (C=O) groups is 1. The van der Waals surface area contributed by atoms with Gasteiger partial charge in [-0.25, -0.2) is 0 Å². The first kappa shape index (κ1) is 16.2. The monoisotopic (exact) mass is 325 g/mol. The zero-order valence-corrected chi connectivity index (χ0v) is 14.2. The molecule has 0 aliphatic carbocycles. The minimum absolute atomic E-state index is 0.0920. The average molecular weight is 325 g/mol. The molecule has 3 rings (SSSR count). The van der Waals surface area contributed by atoms with E-state index in [1.54, 1.807) is 7.11 Å². The molecule has 5 heteroatoms. The van der Waals surface area contributed by atoms with E-state index in [1.807, 2.05) is 48.3 Å². The van der Waals surface area contributed by atoms with E-state index < -0.39 is 0 Å². The maximum atomic E-state index is 12.8. The molecule has 1 heterocycles. The summed E-state index contributed by atoms with van der Waals surface area (Å²) in [7, 11) is 3.51. The number of hydrogen-bond acceptors (Lipinski definition) is 4. The number of anilines is 2. The predicted octanol–water partition coefficient (Wildman–Crippen LogP) is 2.70. The van der Waals surface area contributed by atoms with Gasteiger partial charge in [0.2, 0.25) is 0 Å². The lowest BCUT2D eigenvalue weighted by molar-refractivity contribution is 0.0748. The molecule has 0 unspecified atom stereocenters. The van der Waals surface area contributed by atoms with Crippen LogP contribution in [0.25, 0.3) is 0 Å². The topological polar surface area (TPSA) is 44.8 Å². The van der Waals surface area contributed by atoms with Crippen LogP contribution in [0.4, 0.5) is 11.4 Å². The Kier molecular flexibility index (Phi) is 4.89. The third-order valence-corrected chi connectivity index (χ3v) is 4.43. The first-order valence-electron chi connectivity index (χ1n) is 8.18. The van der Waals surface area contributed by atoms with E-state index >= 15 is 0 Å². The summed E-state index contributed by atoms with van der Waals surface area (Å²) in [4.78, 5) is 17.0. The number of piperazine rings is 1. The molecule has 1 amide bonds. The van der Waals surface area contributed by atoms with Gasteiger partial charge in [0.1, 0.15) is 5.75 Å². The highest BCUT2D eigenvalue weighted by molar-refractivity contribution is 5.99. The van der Waals surface area contributed by atoms with Crippen molar-refractivity contribution in [3.05, 3.63) is 54.1 Å². The van der Waals surface area contributed by atoms with Crippen LogP contribution in [0.15, 0.2) is 48.5 Å². The Morgan fingerprint density at radius 3 is 2.29 bits per heavy atom. The molecule has 2 aromatic carbocycles. The number of ether oxygens (including phenoxy) is 1. The molecule has 0 saturated carbocycles. The SMILES string of the molecule is CNc1ccccc1C(=O)N1CCN(c2ccc(OC)cc2)CC1. The molecule has 1 N–H and O–H groups in total. The molecule has 1 fully saturated rings. The summed E-state index contributed by atoms with van der Waals surface area (Å²) in [5, 5.41) is 3.09. The van der Waals surface area contributed by atoms with Crippen LogP contribution < -0.4 is 15.0 Å². The lowest BCUT2D eigenvalue weighted by Gasteiger charge is -2.36. The Morgan fingerprint density at radius 1 is 1.00 bits per heavy atom. The molecule has 0 aromatic heterocycles. The van der Waals surface area contributed by atoms with Crippen LogP contribution in [0, 0.1) is 0 Å². The van der Waals surface area contributed by atoms with Gasteiger partial charge in [0.05, 0.1) is 12.7 Å². The predicted molar refractivity (Wildman–Crippen MR) is 97.1 cm³/mol. The van der Waals surface area contributed by atoms with E-state index in [0.29, 0.717) is 0 Å². The van der Waals surface area contributed by atoms with Crippen molar-refractivity contribution in [2.45, 2.75) is 0 Å². The van der Waals surface area contributed by atoms with Gasteiger partial charge in [-0.05, 0) is 36.4 Å². The number of benzene rings is 2. The van der Waals surface area contributed by atoms with Gasteiger partial charge in [-0.15, -0.1) is 0 Å². The highest BCUT2D eigenvalue weighted by Gasteiger charge is 2.23. The Labute approximate surface area is 142 Å². The van der Waals surface area contributed by atoms with Gasteiger partial charge < -0.3 is 19.9 Å². The van der Waals surface area contributed by atoms with Gasteiger partial charge in [0.25, 0.3) is 5.91 Å². The Bertz CT molecular complexity index is 692. The van der Waals surface area contributed by atoms with Crippen LogP contribution >= 0.6 is 0 Å². The largest absolute Gasteiger partial charge is 0.497 e. The second kappa shape index (κ2) is 7.25. The zero-order chi connectivity index (χ0) is 16.9. The molecule has 1 aliphatic heterocycles. The van der Waals surface area contributed by atoms with Gasteiger partial charge in [-0.2, -0.15) is 0 Å². The molecule has 24 heavy (non-hydrogen) atoms. The van der Waals surface area contributed by atoms with Crippen LogP contribution in [-0.2, 0) is 0 Å². The number of carbonyl (C=O) groups excluding carboxylic acids is 1. The molecule has 2 aromatic rings. The van der Waals surface area contributed by atoms with Crippen molar-refractivity contribution >= 4 is 17.3 Å². The fraction of sp³-hybridized carbons (Fsp3) is 0.316. The maximum absolute atomic E-state index is 12.8. The molecular weight excluding hydrogens is 302 g/mol. The van der Waals surface area contributed by atoms with Crippen molar-refractivity contribution in [2.24, 2.45) is 0 Å². The first-order valence-corrected chi connectivity index (χ1v) is 8.18. The second-order valence-corrected chi connectivity index (χ2v) is 5.77. The van der Waals surface area contributed by atoms with Crippen molar-refractivity contribution in [3.63, 3.8) is 0 Å². The van der Waals surface area contributed by atoms with E-state index in [4.69, 9.17) is 4.74 Å². The Morgan fingerprint density at radius 2 is 1.67 bits per heavy atom. The Hall–Kier alpha value is -2.69. The lowest BCUT2D eigenvalue weighted by atomic mass is 10.1. The molecule has 0 radical (unpaired) electrons. The summed E-state index contributed by atoms with van der Waals surface area (Å²) in [6, 6.07) is 15.7. The molecule has 0 atom stereocenters. The summed E-state index contributed by atoms with van der Waals surface area (Å²) in [6.45, 7) is 3.12. The minimum atomic E-state index is 0.0920. The van der Waals surface area contributed by atoms with Crippen molar-refractivity contribution in [1.82, 2.24) is 4.90 Å².